The summed E-state index contributed by atoms with van der Waals surface area (Å²) in [5.74, 6) is 1.95. The monoisotopic (exact) mass is 627 g/mol. The highest BCUT2D eigenvalue weighted by atomic mass is 32.2. The van der Waals surface area contributed by atoms with Crippen LogP contribution in [-0.4, -0.2) is 41.5 Å². The number of hydrogen-bond donors (Lipinski definition) is 0. The Hall–Kier alpha value is -3.94. The third-order valence-corrected chi connectivity index (χ3v) is 8.94. The maximum Gasteiger partial charge on any atom is 0.160 e. The van der Waals surface area contributed by atoms with E-state index in [-0.39, 0.29) is 12.2 Å². The van der Waals surface area contributed by atoms with Gasteiger partial charge < -0.3 is 18.8 Å². The molecule has 45 heavy (non-hydrogen) atoms. The molecule has 0 amide bonds. The van der Waals surface area contributed by atoms with Crippen molar-refractivity contribution in [3.8, 4) is 22.6 Å². The Morgan fingerprint density at radius 2 is 1.64 bits per heavy atom. The average molecular weight is 628 g/mol. The number of ether oxygens (including phenoxy) is 3. The van der Waals surface area contributed by atoms with Crippen LogP contribution in [0.2, 0.25) is 0 Å². The predicted octanol–water partition coefficient (Wildman–Crippen LogP) is 8.21. The van der Waals surface area contributed by atoms with Crippen LogP contribution in [0.25, 0.3) is 17.2 Å². The number of aromatic nitrogens is 1. The molecule has 6 nitrogen and oxygen atoms in total. The van der Waals surface area contributed by atoms with Crippen molar-refractivity contribution in [3.05, 3.63) is 107 Å². The lowest BCUT2D eigenvalue weighted by Crippen LogP contribution is -2.07. The van der Waals surface area contributed by atoms with Crippen molar-refractivity contribution in [2.24, 2.45) is 0 Å². The van der Waals surface area contributed by atoms with Gasteiger partial charge in [0.25, 0.3) is 0 Å². The van der Waals surface area contributed by atoms with Crippen molar-refractivity contribution in [3.63, 3.8) is 0 Å². The molecule has 4 rings (SSSR count). The maximum absolute atomic E-state index is 13.1. The Kier molecular flexibility index (Phi) is 13.2. The summed E-state index contributed by atoms with van der Waals surface area (Å²) in [6, 6.07) is 23.5. The summed E-state index contributed by atoms with van der Waals surface area (Å²) in [7, 11) is 0.466. The van der Waals surface area contributed by atoms with E-state index >= 15 is 0 Å². The lowest BCUT2D eigenvalue weighted by atomic mass is 10.0. The van der Waals surface area contributed by atoms with E-state index in [4.69, 9.17) is 14.2 Å². The molecule has 0 aliphatic carbocycles. The predicted molar refractivity (Wildman–Crippen MR) is 183 cm³/mol. The number of allylic oxidation sites excluding steroid dienone is 1. The van der Waals surface area contributed by atoms with Gasteiger partial charge in [-0.05, 0) is 96.6 Å². The zero-order valence-electron chi connectivity index (χ0n) is 26.9. The molecule has 0 fully saturated rings. The maximum atomic E-state index is 13.1. The van der Waals surface area contributed by atoms with Crippen LogP contribution < -0.4 is 9.47 Å². The average Bonchev–Trinajstić information content (AvgIpc) is 3.40. The van der Waals surface area contributed by atoms with E-state index in [1.54, 1.807) is 19.3 Å². The molecule has 0 bridgehead atoms. The second-order valence-corrected chi connectivity index (χ2v) is 12.5. The van der Waals surface area contributed by atoms with E-state index in [0.29, 0.717) is 24.7 Å². The van der Waals surface area contributed by atoms with Crippen molar-refractivity contribution in [1.29, 1.82) is 0 Å². The number of benzene rings is 3. The molecule has 0 radical (unpaired) electrons. The molecule has 1 aromatic heterocycles. The fourth-order valence-electron chi connectivity index (χ4n) is 5.03. The molecule has 4 aromatic rings. The molecule has 0 aliphatic rings. The minimum Gasteiger partial charge on any atom is -0.496 e. The van der Waals surface area contributed by atoms with Gasteiger partial charge >= 0.3 is 0 Å². The summed E-state index contributed by atoms with van der Waals surface area (Å²) >= 11 is 0. The van der Waals surface area contributed by atoms with Crippen molar-refractivity contribution >= 4 is 22.7 Å². The van der Waals surface area contributed by atoms with E-state index in [9.17, 15) is 9.00 Å². The summed E-state index contributed by atoms with van der Waals surface area (Å²) in [5, 5.41) is 0. The van der Waals surface area contributed by atoms with Gasteiger partial charge in [0.1, 0.15) is 18.1 Å². The van der Waals surface area contributed by atoms with E-state index < -0.39 is 10.8 Å². The molecular weight excluding hydrogens is 582 g/mol. The smallest absolute Gasteiger partial charge is 0.160 e. The molecule has 1 atom stereocenters. The van der Waals surface area contributed by atoms with Gasteiger partial charge in [-0.25, -0.2) is 0 Å². The first-order valence-electron chi connectivity index (χ1n) is 15.7. The standard InChI is InChI=1S/C38H45NO5S/c1-5-7-23-43-24-25-44-35-15-11-31(12-16-35)32-13-19-38(42-4)33(27-32)10-14-34(40)26-30-8-17-36(18-9-30)45(41)28-37-29(3)20-22-39(37)21-6-2/h8-20,22,27H,5-7,21,23-26,28H2,1-4H3/b14-10+/t45-/m0/s1. The number of hydrogen-bond acceptors (Lipinski definition) is 5. The first-order chi connectivity index (χ1) is 21.9. The summed E-state index contributed by atoms with van der Waals surface area (Å²) in [5.41, 5.74) is 6.03. The first-order valence-corrected chi connectivity index (χ1v) is 17.1. The van der Waals surface area contributed by atoms with Crippen LogP contribution >= 0.6 is 0 Å². The number of carbonyl (C=O) groups is 1. The van der Waals surface area contributed by atoms with E-state index in [1.807, 2.05) is 66.7 Å². The van der Waals surface area contributed by atoms with Crippen LogP contribution in [0.3, 0.4) is 0 Å². The normalized spacial score (nSPS) is 12.0. The SMILES string of the molecule is CCCCOCCOc1ccc(-c2ccc(OC)c(/C=C/C(=O)Cc3ccc([S@@](=O)Cc4c(C)ccn4CCC)cc3)c2)cc1. The van der Waals surface area contributed by atoms with Gasteiger partial charge in [0.15, 0.2) is 5.78 Å². The minimum atomic E-state index is -1.16. The highest BCUT2D eigenvalue weighted by Crippen LogP contribution is 2.29. The fraction of sp³-hybridized carbons (Fsp3) is 0.342. The Morgan fingerprint density at radius 3 is 2.36 bits per heavy atom. The molecule has 0 spiro atoms. The zero-order chi connectivity index (χ0) is 32.0. The van der Waals surface area contributed by atoms with Crippen LogP contribution in [-0.2, 0) is 39.0 Å². The van der Waals surface area contributed by atoms with Crippen LogP contribution in [0.15, 0.2) is 90.0 Å². The number of aryl methyl sites for hydroxylation is 2. The van der Waals surface area contributed by atoms with Crippen molar-refractivity contribution in [1.82, 2.24) is 4.57 Å². The molecule has 0 saturated carbocycles. The highest BCUT2D eigenvalue weighted by molar-refractivity contribution is 7.84. The Bertz CT molecular complexity index is 1570. The van der Waals surface area contributed by atoms with Gasteiger partial charge in [-0.3, -0.25) is 9.00 Å². The summed E-state index contributed by atoms with van der Waals surface area (Å²) in [4.78, 5) is 13.7. The van der Waals surface area contributed by atoms with E-state index in [0.717, 1.165) is 76.6 Å². The molecule has 0 unspecified atom stereocenters. The van der Waals surface area contributed by atoms with Crippen molar-refractivity contribution < 1.29 is 23.2 Å². The van der Waals surface area contributed by atoms with Gasteiger partial charge in [0.05, 0.1) is 30.3 Å². The lowest BCUT2D eigenvalue weighted by Gasteiger charge is -2.10. The van der Waals surface area contributed by atoms with Gasteiger partial charge in [-0.15, -0.1) is 0 Å². The van der Waals surface area contributed by atoms with Crippen molar-refractivity contribution in [2.75, 3.05) is 26.9 Å². The Labute approximate surface area is 270 Å². The molecule has 1 heterocycles. The van der Waals surface area contributed by atoms with Crippen LogP contribution in [0, 0.1) is 6.92 Å². The second-order valence-electron chi connectivity index (χ2n) is 11.0. The summed E-state index contributed by atoms with van der Waals surface area (Å²) < 4.78 is 32.2. The largest absolute Gasteiger partial charge is 0.496 e. The number of methoxy groups -OCH3 is 1. The second kappa shape index (κ2) is 17.5. The minimum absolute atomic E-state index is 0.0236. The Morgan fingerprint density at radius 1 is 0.889 bits per heavy atom. The summed E-state index contributed by atoms with van der Waals surface area (Å²) in [6.45, 7) is 9.14. The molecule has 0 aliphatic heterocycles. The van der Waals surface area contributed by atoms with Crippen LogP contribution in [0.5, 0.6) is 11.5 Å². The quantitative estimate of drug-likeness (QED) is 0.0822. The molecule has 0 saturated heterocycles. The molecule has 238 valence electrons. The zero-order valence-corrected chi connectivity index (χ0v) is 27.7. The van der Waals surface area contributed by atoms with Gasteiger partial charge in [-0.2, -0.15) is 0 Å². The molecule has 3 aromatic carbocycles. The van der Waals surface area contributed by atoms with Gasteiger partial charge in [0.2, 0.25) is 0 Å². The first kappa shape index (κ1) is 33.9. The molecule has 7 heteroatoms. The van der Waals surface area contributed by atoms with E-state index in [1.165, 1.54) is 0 Å². The number of carbonyl (C=O) groups excluding carboxylic acids is 1. The van der Waals surface area contributed by atoms with Crippen LogP contribution in [0.4, 0.5) is 0 Å². The number of ketones is 1. The topological polar surface area (TPSA) is 66.8 Å². The molecular formula is C38H45NO5S. The van der Waals surface area contributed by atoms with Crippen LogP contribution in [0.1, 0.15) is 55.5 Å². The third kappa shape index (κ3) is 10.0. The highest BCUT2D eigenvalue weighted by Gasteiger charge is 2.12. The van der Waals surface area contributed by atoms with Gasteiger partial charge in [-0.1, -0.05) is 50.6 Å². The lowest BCUT2D eigenvalue weighted by molar-refractivity contribution is -0.113. The fourth-order valence-corrected chi connectivity index (χ4v) is 6.27. The third-order valence-electron chi connectivity index (χ3n) is 7.61. The number of rotatable bonds is 18. The number of unbranched alkanes of at least 4 members (excludes halogenated alkanes) is 1. The summed E-state index contributed by atoms with van der Waals surface area (Å²) in [6.07, 6.45) is 8.94. The van der Waals surface area contributed by atoms with Crippen molar-refractivity contribution in [2.45, 2.75) is 63.6 Å². The van der Waals surface area contributed by atoms with Gasteiger partial charge in [0, 0.05) is 41.9 Å². The Balaban J connectivity index is 1.34. The van der Waals surface area contributed by atoms with E-state index in [2.05, 4.69) is 37.6 Å². The number of nitrogens with zero attached hydrogens (tertiary/aromatic N) is 1. The molecule has 0 N–H and O–H groups in total.